The summed E-state index contributed by atoms with van der Waals surface area (Å²) in [6.07, 6.45) is 0. The summed E-state index contributed by atoms with van der Waals surface area (Å²) in [6.45, 7) is 2.18. The third-order valence-electron chi connectivity index (χ3n) is 1.91. The molecule has 0 aliphatic rings. The number of phenols is 1. The van der Waals surface area contributed by atoms with E-state index >= 15 is 0 Å². The van der Waals surface area contributed by atoms with Crippen molar-refractivity contribution in [2.24, 2.45) is 5.73 Å². The molecule has 1 rings (SSSR count). The van der Waals surface area contributed by atoms with Crippen LogP contribution in [0.25, 0.3) is 0 Å². The van der Waals surface area contributed by atoms with Gasteiger partial charge in [-0.25, -0.2) is 0 Å². The van der Waals surface area contributed by atoms with Crippen molar-refractivity contribution >= 4 is 12.4 Å². The molecular weight excluding hydrogens is 218 g/mol. The fourth-order valence-corrected chi connectivity index (χ4v) is 1.14. The number of rotatable bonds is 4. The fraction of sp³-hybridized carbons (Fsp3) is 0.400. The molecule has 0 amide bonds. The molecule has 0 aliphatic carbocycles. The number of aliphatic hydroxyl groups is 1. The normalized spacial score (nSPS) is 11.7. The van der Waals surface area contributed by atoms with Crippen molar-refractivity contribution in [1.29, 1.82) is 0 Å². The van der Waals surface area contributed by atoms with E-state index in [-0.39, 0.29) is 24.8 Å². The van der Waals surface area contributed by atoms with Gasteiger partial charge in [0, 0.05) is 0 Å². The summed E-state index contributed by atoms with van der Waals surface area (Å²) in [7, 11) is 0. The molecule has 0 fully saturated rings. The van der Waals surface area contributed by atoms with Gasteiger partial charge in [0.25, 0.3) is 0 Å². The van der Waals surface area contributed by atoms with Gasteiger partial charge in [-0.2, -0.15) is 0 Å². The summed E-state index contributed by atoms with van der Waals surface area (Å²) in [5.74, 6) is 0.481. The quantitative estimate of drug-likeness (QED) is 0.731. The highest BCUT2D eigenvalue weighted by atomic mass is 35.5. The number of hydrogen-bond acceptors (Lipinski definition) is 4. The van der Waals surface area contributed by atoms with Crippen molar-refractivity contribution in [3.05, 3.63) is 23.8 Å². The van der Waals surface area contributed by atoms with Crippen molar-refractivity contribution in [1.82, 2.24) is 0 Å². The summed E-state index contributed by atoms with van der Waals surface area (Å²) in [5, 5.41) is 18.2. The minimum atomic E-state index is -0.435. The van der Waals surface area contributed by atoms with Gasteiger partial charge in [0.15, 0.2) is 11.5 Å². The average Bonchev–Trinajstić information content (AvgIpc) is 2.20. The molecule has 15 heavy (non-hydrogen) atoms. The maximum absolute atomic E-state index is 9.39. The van der Waals surface area contributed by atoms with E-state index in [1.807, 2.05) is 6.92 Å². The Balaban J connectivity index is 0.00000196. The van der Waals surface area contributed by atoms with Crippen LogP contribution < -0.4 is 10.5 Å². The van der Waals surface area contributed by atoms with Crippen LogP contribution >= 0.6 is 12.4 Å². The minimum Gasteiger partial charge on any atom is -0.504 e. The summed E-state index contributed by atoms with van der Waals surface area (Å²) in [5.41, 5.74) is 6.37. The molecule has 0 aromatic heterocycles. The largest absolute Gasteiger partial charge is 0.504 e. The van der Waals surface area contributed by atoms with Gasteiger partial charge >= 0.3 is 0 Å². The molecule has 0 aliphatic heterocycles. The minimum absolute atomic E-state index is 0. The number of halogens is 1. The number of aliphatic hydroxyl groups excluding tert-OH is 1. The predicted octanol–water partition coefficient (Wildman–Crippen LogP) is 1.20. The van der Waals surface area contributed by atoms with Gasteiger partial charge in [-0.1, -0.05) is 6.07 Å². The number of ether oxygens (including phenoxy) is 1. The molecule has 1 atom stereocenters. The van der Waals surface area contributed by atoms with Gasteiger partial charge in [0.1, 0.15) is 0 Å². The molecule has 0 spiro atoms. The first-order chi connectivity index (χ1) is 6.69. The lowest BCUT2D eigenvalue weighted by molar-refractivity contribution is 0.267. The lowest BCUT2D eigenvalue weighted by atomic mass is 10.1. The molecule has 0 saturated heterocycles. The van der Waals surface area contributed by atoms with E-state index in [1.165, 1.54) is 6.07 Å². The van der Waals surface area contributed by atoms with E-state index in [0.29, 0.717) is 12.4 Å². The Labute approximate surface area is 95.1 Å². The molecule has 0 radical (unpaired) electrons. The molecule has 4 N–H and O–H groups in total. The van der Waals surface area contributed by atoms with E-state index in [9.17, 15) is 5.11 Å². The van der Waals surface area contributed by atoms with Gasteiger partial charge in [-0.3, -0.25) is 0 Å². The number of aromatic hydroxyl groups is 1. The second-order valence-corrected chi connectivity index (χ2v) is 2.95. The van der Waals surface area contributed by atoms with Gasteiger partial charge < -0.3 is 20.7 Å². The zero-order valence-electron chi connectivity index (χ0n) is 8.51. The molecule has 1 aromatic carbocycles. The average molecular weight is 234 g/mol. The highest BCUT2D eigenvalue weighted by molar-refractivity contribution is 5.85. The van der Waals surface area contributed by atoms with Crippen molar-refractivity contribution < 1.29 is 14.9 Å². The Morgan fingerprint density at radius 3 is 2.67 bits per heavy atom. The van der Waals surface area contributed by atoms with Crippen LogP contribution in [0.3, 0.4) is 0 Å². The summed E-state index contributed by atoms with van der Waals surface area (Å²) < 4.78 is 5.18. The number of hydrogen-bond donors (Lipinski definition) is 3. The molecule has 0 heterocycles. The lowest BCUT2D eigenvalue weighted by Gasteiger charge is -2.11. The molecule has 86 valence electrons. The molecule has 0 saturated carbocycles. The monoisotopic (exact) mass is 233 g/mol. The molecule has 0 bridgehead atoms. The van der Waals surface area contributed by atoms with Crippen LogP contribution in [0.2, 0.25) is 0 Å². The Bertz CT molecular complexity index is 307. The van der Waals surface area contributed by atoms with E-state index in [4.69, 9.17) is 15.6 Å². The summed E-state index contributed by atoms with van der Waals surface area (Å²) in [6, 6.07) is 4.38. The van der Waals surface area contributed by atoms with E-state index in [2.05, 4.69) is 0 Å². The Kier molecular flexibility index (Phi) is 6.08. The van der Waals surface area contributed by atoms with Crippen LogP contribution in [-0.4, -0.2) is 23.4 Å². The molecule has 4 nitrogen and oxygen atoms in total. The molecule has 5 heteroatoms. The van der Waals surface area contributed by atoms with Crippen LogP contribution in [0, 0.1) is 0 Å². The highest BCUT2D eigenvalue weighted by Crippen LogP contribution is 2.28. The highest BCUT2D eigenvalue weighted by Gasteiger charge is 2.08. The van der Waals surface area contributed by atoms with Crippen molar-refractivity contribution in [2.75, 3.05) is 13.2 Å². The number of benzene rings is 1. The van der Waals surface area contributed by atoms with Crippen LogP contribution in [0.1, 0.15) is 18.5 Å². The SMILES string of the molecule is CCOc1cc([C@@H](N)CO)ccc1O.Cl. The van der Waals surface area contributed by atoms with Crippen molar-refractivity contribution in [2.45, 2.75) is 13.0 Å². The Morgan fingerprint density at radius 1 is 1.47 bits per heavy atom. The standard InChI is InChI=1S/C10H15NO3.ClH/c1-2-14-10-5-7(8(11)6-12)3-4-9(10)13;/h3-5,8,12-13H,2,6,11H2,1H3;1H/t8-;/m0./s1. The Morgan fingerprint density at radius 2 is 2.13 bits per heavy atom. The van der Waals surface area contributed by atoms with E-state index < -0.39 is 6.04 Å². The first-order valence-corrected chi connectivity index (χ1v) is 4.51. The molecule has 0 unspecified atom stereocenters. The zero-order valence-corrected chi connectivity index (χ0v) is 9.33. The van der Waals surface area contributed by atoms with Gasteiger partial charge in [0.2, 0.25) is 0 Å². The number of nitrogens with two attached hydrogens (primary N) is 1. The smallest absolute Gasteiger partial charge is 0.161 e. The zero-order chi connectivity index (χ0) is 10.6. The second-order valence-electron chi connectivity index (χ2n) is 2.95. The maximum Gasteiger partial charge on any atom is 0.161 e. The van der Waals surface area contributed by atoms with Crippen LogP contribution in [0.15, 0.2) is 18.2 Å². The second kappa shape index (κ2) is 6.50. The maximum atomic E-state index is 9.39. The fourth-order valence-electron chi connectivity index (χ4n) is 1.14. The summed E-state index contributed by atoms with van der Waals surface area (Å²) >= 11 is 0. The summed E-state index contributed by atoms with van der Waals surface area (Å²) in [4.78, 5) is 0. The van der Waals surface area contributed by atoms with Crippen molar-refractivity contribution in [3.8, 4) is 11.5 Å². The Hall–Kier alpha value is -0.970. The van der Waals surface area contributed by atoms with Gasteiger partial charge in [-0.15, -0.1) is 12.4 Å². The van der Waals surface area contributed by atoms with Gasteiger partial charge in [-0.05, 0) is 24.6 Å². The van der Waals surface area contributed by atoms with Crippen molar-refractivity contribution in [3.63, 3.8) is 0 Å². The molecule has 1 aromatic rings. The number of phenolic OH excluding ortho intramolecular Hbond substituents is 1. The van der Waals surface area contributed by atoms with Gasteiger partial charge in [0.05, 0.1) is 19.3 Å². The third-order valence-corrected chi connectivity index (χ3v) is 1.91. The van der Waals surface area contributed by atoms with E-state index in [1.54, 1.807) is 12.1 Å². The topological polar surface area (TPSA) is 75.7 Å². The predicted molar refractivity (Wildman–Crippen MR) is 60.5 cm³/mol. The first-order valence-electron chi connectivity index (χ1n) is 4.51. The van der Waals surface area contributed by atoms with Crippen LogP contribution in [-0.2, 0) is 0 Å². The van der Waals surface area contributed by atoms with E-state index in [0.717, 1.165) is 5.56 Å². The van der Waals surface area contributed by atoms with Crippen LogP contribution in [0.5, 0.6) is 11.5 Å². The molecular formula is C10H16ClNO3. The lowest BCUT2D eigenvalue weighted by Crippen LogP contribution is -2.14. The van der Waals surface area contributed by atoms with Crippen LogP contribution in [0.4, 0.5) is 0 Å². The third kappa shape index (κ3) is 3.58. The first kappa shape index (κ1) is 14.0.